The molecule has 29 heavy (non-hydrogen) atoms. The van der Waals surface area contributed by atoms with Crippen molar-refractivity contribution < 1.29 is 27.3 Å². The van der Waals surface area contributed by atoms with Crippen molar-refractivity contribution in [1.82, 2.24) is 15.0 Å². The molecule has 2 unspecified atom stereocenters. The summed E-state index contributed by atoms with van der Waals surface area (Å²) in [6.07, 6.45) is 0.491. The number of rotatable bonds is 8. The zero-order chi connectivity index (χ0) is 21.8. The molecule has 1 fully saturated rings. The Morgan fingerprint density at radius 1 is 1.34 bits per heavy atom. The molecule has 2 rings (SSSR count). The summed E-state index contributed by atoms with van der Waals surface area (Å²) in [5.41, 5.74) is -0.208. The normalized spacial score (nSPS) is 19.7. The third-order valence-electron chi connectivity index (χ3n) is 4.84. The molecule has 0 saturated carbocycles. The van der Waals surface area contributed by atoms with E-state index >= 15 is 0 Å². The Morgan fingerprint density at radius 2 is 2.03 bits per heavy atom. The number of sulfone groups is 1. The summed E-state index contributed by atoms with van der Waals surface area (Å²) >= 11 is 0. The number of ether oxygens (including phenoxy) is 1. The first-order chi connectivity index (χ1) is 13.4. The van der Waals surface area contributed by atoms with Crippen LogP contribution in [-0.4, -0.2) is 65.5 Å². The number of hydrogen-bond donors (Lipinski definition) is 0. The van der Waals surface area contributed by atoms with Crippen LogP contribution >= 0.6 is 0 Å². The van der Waals surface area contributed by atoms with Crippen molar-refractivity contribution >= 4 is 21.7 Å². The fourth-order valence-electron chi connectivity index (χ4n) is 3.20. The summed E-state index contributed by atoms with van der Waals surface area (Å²) < 4.78 is 33.8. The number of carbonyl (C=O) groups excluding carboxylic acids is 2. The highest BCUT2D eigenvalue weighted by molar-refractivity contribution is 7.91. The molecule has 2 atom stereocenters. The van der Waals surface area contributed by atoms with Crippen LogP contribution in [-0.2, 0) is 36.0 Å². The smallest absolute Gasteiger partial charge is 0.306 e. The second-order valence-corrected chi connectivity index (χ2v) is 10.7. The lowest BCUT2D eigenvalue weighted by Gasteiger charge is -2.29. The molecule has 0 aromatic carbocycles. The van der Waals surface area contributed by atoms with Crippen LogP contribution in [0.2, 0.25) is 0 Å². The van der Waals surface area contributed by atoms with E-state index in [-0.39, 0.29) is 35.3 Å². The molecule has 1 aliphatic heterocycles. The number of aromatic nitrogens is 2. The zero-order valence-electron chi connectivity index (χ0n) is 17.8. The maximum atomic E-state index is 12.6. The zero-order valence-corrected chi connectivity index (χ0v) is 18.6. The minimum atomic E-state index is -3.10. The highest BCUT2D eigenvalue weighted by atomic mass is 32.2. The van der Waals surface area contributed by atoms with Gasteiger partial charge in [-0.3, -0.25) is 9.59 Å². The van der Waals surface area contributed by atoms with Gasteiger partial charge in [0, 0.05) is 30.8 Å². The van der Waals surface area contributed by atoms with Crippen LogP contribution in [0.1, 0.15) is 65.6 Å². The fourth-order valence-corrected chi connectivity index (χ4v) is 4.93. The van der Waals surface area contributed by atoms with Gasteiger partial charge in [-0.05, 0) is 26.7 Å². The molecule has 164 valence electrons. The maximum Gasteiger partial charge on any atom is 0.306 e. The van der Waals surface area contributed by atoms with Crippen molar-refractivity contribution in [3.05, 3.63) is 11.7 Å². The molecule has 1 amide bonds. The number of aryl methyl sites for hydroxylation is 1. The predicted octanol–water partition coefficient (Wildman–Crippen LogP) is 1.66. The summed E-state index contributed by atoms with van der Waals surface area (Å²) in [6.45, 7) is 9.62. The first-order valence-corrected chi connectivity index (χ1v) is 11.8. The van der Waals surface area contributed by atoms with E-state index in [1.165, 1.54) is 11.8 Å². The Hall–Kier alpha value is -1.97. The maximum absolute atomic E-state index is 12.6. The van der Waals surface area contributed by atoms with Gasteiger partial charge in [0.05, 0.1) is 11.5 Å². The number of amides is 1. The van der Waals surface area contributed by atoms with Gasteiger partial charge in [-0.25, -0.2) is 8.42 Å². The first-order valence-electron chi connectivity index (χ1n) is 9.96. The Morgan fingerprint density at radius 3 is 2.55 bits per heavy atom. The van der Waals surface area contributed by atoms with Crippen LogP contribution in [0.5, 0.6) is 0 Å². The van der Waals surface area contributed by atoms with Crippen molar-refractivity contribution in [1.29, 1.82) is 0 Å². The van der Waals surface area contributed by atoms with Crippen molar-refractivity contribution in [3.8, 4) is 0 Å². The van der Waals surface area contributed by atoms with Crippen LogP contribution in [0.3, 0.4) is 0 Å². The van der Waals surface area contributed by atoms with Crippen molar-refractivity contribution in [2.24, 2.45) is 0 Å². The van der Waals surface area contributed by atoms with E-state index in [4.69, 9.17) is 9.26 Å². The summed E-state index contributed by atoms with van der Waals surface area (Å²) in [4.78, 5) is 30.5. The average Bonchev–Trinajstić information content (AvgIpc) is 3.22. The molecule has 0 spiro atoms. The Balaban J connectivity index is 1.80. The number of nitrogens with zero attached hydrogens (tertiary/aromatic N) is 3. The number of carbonyl (C=O) groups is 2. The van der Waals surface area contributed by atoms with Gasteiger partial charge in [-0.2, -0.15) is 4.98 Å². The second-order valence-electron chi connectivity index (χ2n) is 8.43. The van der Waals surface area contributed by atoms with Crippen molar-refractivity contribution in [2.45, 2.75) is 77.9 Å². The molecule has 1 saturated heterocycles. The monoisotopic (exact) mass is 429 g/mol. The summed E-state index contributed by atoms with van der Waals surface area (Å²) in [5, 5.41) is 3.94. The van der Waals surface area contributed by atoms with Crippen LogP contribution in [0.4, 0.5) is 0 Å². The second kappa shape index (κ2) is 9.23. The molecule has 0 aliphatic carbocycles. The molecule has 10 heteroatoms. The Labute approximate surface area is 172 Å². The van der Waals surface area contributed by atoms with E-state index in [1.807, 2.05) is 20.8 Å². The van der Waals surface area contributed by atoms with Gasteiger partial charge in [0.1, 0.15) is 0 Å². The molecule has 1 aliphatic rings. The minimum Gasteiger partial charge on any atom is -0.453 e. The number of esters is 1. The molecule has 1 aromatic rings. The molecule has 0 radical (unpaired) electrons. The van der Waals surface area contributed by atoms with Gasteiger partial charge in [-0.1, -0.05) is 25.9 Å². The quantitative estimate of drug-likeness (QED) is 0.572. The van der Waals surface area contributed by atoms with Gasteiger partial charge in [0.2, 0.25) is 5.89 Å². The molecule has 0 N–H and O–H groups in total. The summed E-state index contributed by atoms with van der Waals surface area (Å²) in [5.74, 6) is 0.274. The largest absolute Gasteiger partial charge is 0.453 e. The number of likely N-dealkylation sites (N-methyl/N-ethyl adjacent to an activating group) is 1. The predicted molar refractivity (Wildman–Crippen MR) is 106 cm³/mol. The van der Waals surface area contributed by atoms with E-state index in [1.54, 1.807) is 6.92 Å². The Kier molecular flexibility index (Phi) is 7.42. The lowest BCUT2D eigenvalue weighted by Crippen LogP contribution is -2.46. The van der Waals surface area contributed by atoms with Crippen LogP contribution in [0.25, 0.3) is 0 Å². The molecule has 1 aromatic heterocycles. The fraction of sp³-hybridized carbons (Fsp3) is 0.789. The third-order valence-corrected chi connectivity index (χ3v) is 6.59. The topological polar surface area (TPSA) is 120 Å². The van der Waals surface area contributed by atoms with E-state index in [9.17, 15) is 18.0 Å². The van der Waals surface area contributed by atoms with E-state index in [0.717, 1.165) is 0 Å². The van der Waals surface area contributed by atoms with Gasteiger partial charge in [0.15, 0.2) is 21.8 Å². The summed E-state index contributed by atoms with van der Waals surface area (Å²) in [6, 6.07) is -0.354. The highest BCUT2D eigenvalue weighted by Gasteiger charge is 2.36. The number of hydrogen-bond acceptors (Lipinski definition) is 8. The van der Waals surface area contributed by atoms with Crippen LogP contribution in [0, 0.1) is 0 Å². The lowest BCUT2D eigenvalue weighted by molar-refractivity contribution is -0.160. The lowest BCUT2D eigenvalue weighted by atomic mass is 9.96. The van der Waals surface area contributed by atoms with E-state index in [2.05, 4.69) is 10.1 Å². The SMILES string of the molecule is CCN(C(=O)C(C)OC(=O)CCCc1nc(C(C)(C)C)no1)C1CCS(=O)(=O)C1. The summed E-state index contributed by atoms with van der Waals surface area (Å²) in [7, 11) is -3.10. The van der Waals surface area contributed by atoms with Gasteiger partial charge in [-0.15, -0.1) is 0 Å². The molecule has 9 nitrogen and oxygen atoms in total. The van der Waals surface area contributed by atoms with Gasteiger partial charge >= 0.3 is 5.97 Å². The van der Waals surface area contributed by atoms with E-state index < -0.39 is 21.9 Å². The first kappa shape index (κ1) is 23.3. The van der Waals surface area contributed by atoms with Crippen molar-refractivity contribution in [3.63, 3.8) is 0 Å². The van der Waals surface area contributed by atoms with E-state index in [0.29, 0.717) is 37.5 Å². The molecule has 2 heterocycles. The molecule has 0 bridgehead atoms. The average molecular weight is 430 g/mol. The van der Waals surface area contributed by atoms with Crippen molar-refractivity contribution in [2.75, 3.05) is 18.1 Å². The van der Waals surface area contributed by atoms with Crippen LogP contribution in [0.15, 0.2) is 4.52 Å². The van der Waals surface area contributed by atoms with Gasteiger partial charge < -0.3 is 14.2 Å². The molecular weight excluding hydrogens is 398 g/mol. The highest BCUT2D eigenvalue weighted by Crippen LogP contribution is 2.20. The van der Waals surface area contributed by atoms with Gasteiger partial charge in [0.25, 0.3) is 5.91 Å². The van der Waals surface area contributed by atoms with Crippen LogP contribution < -0.4 is 0 Å². The standard InChI is InChI=1S/C19H31N3O6S/c1-6-22(14-10-11-29(25,26)12-14)17(24)13(2)27-16(23)9-7-8-15-20-18(21-28-15)19(3,4)5/h13-14H,6-12H2,1-5H3. The minimum absolute atomic E-state index is 0.0337. The Bertz CT molecular complexity index is 827. The third kappa shape index (κ3) is 6.52. The molecular formula is C19H31N3O6S.